The van der Waals surface area contributed by atoms with Crippen molar-refractivity contribution >= 4 is 11.7 Å². The van der Waals surface area contributed by atoms with Crippen LogP contribution >= 0.6 is 0 Å². The Morgan fingerprint density at radius 2 is 1.33 bits per heavy atom. The second-order valence-electron chi connectivity index (χ2n) is 5.05. The van der Waals surface area contributed by atoms with Crippen LogP contribution in [0.5, 0.6) is 0 Å². The molecule has 0 amide bonds. The number of para-hydroxylation sites is 1. The first-order valence-corrected chi connectivity index (χ1v) is 7.36. The smallest absolute Gasteiger partial charge is 0.335 e. The zero-order chi connectivity index (χ0) is 14.9. The van der Waals surface area contributed by atoms with E-state index in [-0.39, 0.29) is 0 Å². The van der Waals surface area contributed by atoms with Crippen molar-refractivity contribution in [2.24, 2.45) is 0 Å². The molecule has 1 saturated heterocycles. The van der Waals surface area contributed by atoms with Crippen molar-refractivity contribution in [1.29, 1.82) is 0 Å². The quantitative estimate of drug-likeness (QED) is 0.903. The number of aromatic carboxylic acids is 1. The monoisotopic (exact) mass is 283 g/mol. The van der Waals surface area contributed by atoms with Gasteiger partial charge in [0.1, 0.15) is 0 Å². The third kappa shape index (κ3) is 4.95. The number of anilines is 1. The average Bonchev–Trinajstić information content (AvgIpc) is 2.58. The maximum absolute atomic E-state index is 10.2. The molecule has 0 aromatic heterocycles. The SMILES string of the molecule is O=C(O)c1ccccc1.c1ccc(N2CCCCC2)cc1. The lowest BCUT2D eigenvalue weighted by atomic mass is 10.1. The van der Waals surface area contributed by atoms with Crippen molar-refractivity contribution in [3.8, 4) is 0 Å². The second kappa shape index (κ2) is 8.10. The third-order valence-corrected chi connectivity index (χ3v) is 3.50. The molecule has 0 unspecified atom stereocenters. The van der Waals surface area contributed by atoms with Crippen LogP contribution < -0.4 is 4.90 Å². The Morgan fingerprint density at radius 1 is 0.810 bits per heavy atom. The van der Waals surface area contributed by atoms with Crippen LogP contribution in [0.1, 0.15) is 29.6 Å². The molecule has 3 nitrogen and oxygen atoms in total. The van der Waals surface area contributed by atoms with Crippen molar-refractivity contribution in [2.45, 2.75) is 19.3 Å². The first-order valence-electron chi connectivity index (χ1n) is 7.36. The lowest BCUT2D eigenvalue weighted by molar-refractivity contribution is 0.0697. The number of piperidine rings is 1. The van der Waals surface area contributed by atoms with Crippen molar-refractivity contribution in [3.05, 3.63) is 66.2 Å². The molecule has 2 aromatic rings. The van der Waals surface area contributed by atoms with Gasteiger partial charge in [-0.25, -0.2) is 4.79 Å². The molecule has 1 aliphatic rings. The molecule has 0 atom stereocenters. The number of carboxylic acids is 1. The molecule has 1 aliphatic heterocycles. The lowest BCUT2D eigenvalue weighted by Crippen LogP contribution is -2.29. The summed E-state index contributed by atoms with van der Waals surface area (Å²) < 4.78 is 0. The van der Waals surface area contributed by atoms with E-state index in [2.05, 4.69) is 35.2 Å². The number of rotatable bonds is 2. The van der Waals surface area contributed by atoms with Crippen LogP contribution in [0.2, 0.25) is 0 Å². The number of benzene rings is 2. The number of carbonyl (C=O) groups is 1. The fourth-order valence-corrected chi connectivity index (χ4v) is 2.37. The minimum atomic E-state index is -0.879. The summed E-state index contributed by atoms with van der Waals surface area (Å²) in [6.07, 6.45) is 4.12. The van der Waals surface area contributed by atoms with Gasteiger partial charge in [0.25, 0.3) is 0 Å². The summed E-state index contributed by atoms with van der Waals surface area (Å²) in [6, 6.07) is 19.0. The van der Waals surface area contributed by atoms with E-state index in [1.807, 2.05) is 0 Å². The molecule has 1 N–H and O–H groups in total. The van der Waals surface area contributed by atoms with Gasteiger partial charge in [-0.1, -0.05) is 36.4 Å². The van der Waals surface area contributed by atoms with Gasteiger partial charge in [0.2, 0.25) is 0 Å². The topological polar surface area (TPSA) is 40.5 Å². The second-order valence-corrected chi connectivity index (χ2v) is 5.05. The number of nitrogens with zero attached hydrogens (tertiary/aromatic N) is 1. The predicted molar refractivity (Wildman–Crippen MR) is 85.9 cm³/mol. The molecule has 0 aliphatic carbocycles. The highest BCUT2D eigenvalue weighted by Crippen LogP contribution is 2.18. The van der Waals surface area contributed by atoms with Crippen molar-refractivity contribution < 1.29 is 9.90 Å². The largest absolute Gasteiger partial charge is 0.478 e. The molecule has 21 heavy (non-hydrogen) atoms. The van der Waals surface area contributed by atoms with Gasteiger partial charge in [0.05, 0.1) is 5.56 Å². The zero-order valence-electron chi connectivity index (χ0n) is 12.1. The van der Waals surface area contributed by atoms with Crippen LogP contribution in [0.3, 0.4) is 0 Å². The van der Waals surface area contributed by atoms with Crippen LogP contribution in [0, 0.1) is 0 Å². The van der Waals surface area contributed by atoms with E-state index >= 15 is 0 Å². The molecule has 110 valence electrons. The minimum Gasteiger partial charge on any atom is -0.478 e. The van der Waals surface area contributed by atoms with E-state index in [0.29, 0.717) is 5.56 Å². The van der Waals surface area contributed by atoms with Gasteiger partial charge in [0, 0.05) is 18.8 Å². The van der Waals surface area contributed by atoms with E-state index in [1.54, 1.807) is 30.3 Å². The van der Waals surface area contributed by atoms with Crippen molar-refractivity contribution in [1.82, 2.24) is 0 Å². The standard InChI is InChI=1S/C11H15N.C7H6O2/c1-3-7-11(8-4-1)12-9-5-2-6-10-12;8-7(9)6-4-2-1-3-5-6/h1,3-4,7-8H,2,5-6,9-10H2;1-5H,(H,8,9). The summed E-state index contributed by atoms with van der Waals surface area (Å²) in [5.41, 5.74) is 1.72. The Bertz CT molecular complexity index is 534. The summed E-state index contributed by atoms with van der Waals surface area (Å²) in [5, 5.41) is 8.38. The summed E-state index contributed by atoms with van der Waals surface area (Å²) in [7, 11) is 0. The van der Waals surface area contributed by atoms with Gasteiger partial charge in [-0.2, -0.15) is 0 Å². The first-order chi connectivity index (χ1) is 10.3. The highest BCUT2D eigenvalue weighted by molar-refractivity contribution is 5.87. The number of carboxylic acid groups (broad SMARTS) is 1. The summed E-state index contributed by atoms with van der Waals surface area (Å²) in [5.74, 6) is -0.879. The van der Waals surface area contributed by atoms with E-state index in [4.69, 9.17) is 5.11 Å². The van der Waals surface area contributed by atoms with E-state index in [0.717, 1.165) is 0 Å². The molecule has 0 radical (unpaired) electrons. The Hall–Kier alpha value is -2.29. The fourth-order valence-electron chi connectivity index (χ4n) is 2.37. The van der Waals surface area contributed by atoms with Crippen LogP contribution in [-0.4, -0.2) is 24.2 Å². The average molecular weight is 283 g/mol. The minimum absolute atomic E-state index is 0.331. The third-order valence-electron chi connectivity index (χ3n) is 3.50. The van der Waals surface area contributed by atoms with E-state index in [1.165, 1.54) is 38.0 Å². The first kappa shape index (κ1) is 15.1. The maximum Gasteiger partial charge on any atom is 0.335 e. The Labute approximate surface area is 125 Å². The summed E-state index contributed by atoms with van der Waals surface area (Å²) in [4.78, 5) is 12.7. The molecular formula is C18H21NO2. The highest BCUT2D eigenvalue weighted by Gasteiger charge is 2.09. The normalized spacial score (nSPS) is 14.0. The molecule has 3 heteroatoms. The Kier molecular flexibility index (Phi) is 5.83. The Balaban J connectivity index is 0.000000161. The number of hydrogen-bond acceptors (Lipinski definition) is 2. The van der Waals surface area contributed by atoms with Gasteiger partial charge in [-0.15, -0.1) is 0 Å². The lowest BCUT2D eigenvalue weighted by Gasteiger charge is -2.28. The van der Waals surface area contributed by atoms with Crippen LogP contribution in [0.15, 0.2) is 60.7 Å². The Morgan fingerprint density at radius 3 is 1.81 bits per heavy atom. The molecular weight excluding hydrogens is 262 g/mol. The zero-order valence-corrected chi connectivity index (χ0v) is 12.1. The van der Waals surface area contributed by atoms with Gasteiger partial charge < -0.3 is 10.0 Å². The van der Waals surface area contributed by atoms with Crippen molar-refractivity contribution in [2.75, 3.05) is 18.0 Å². The summed E-state index contributed by atoms with van der Waals surface area (Å²) >= 11 is 0. The predicted octanol–water partition coefficient (Wildman–Crippen LogP) is 4.06. The maximum atomic E-state index is 10.2. The van der Waals surface area contributed by atoms with Crippen molar-refractivity contribution in [3.63, 3.8) is 0 Å². The molecule has 0 saturated carbocycles. The molecule has 3 rings (SSSR count). The van der Waals surface area contributed by atoms with E-state index in [9.17, 15) is 4.79 Å². The van der Waals surface area contributed by atoms with Gasteiger partial charge in [-0.05, 0) is 43.5 Å². The van der Waals surface area contributed by atoms with Crippen LogP contribution in [-0.2, 0) is 0 Å². The molecule has 2 aromatic carbocycles. The molecule has 1 heterocycles. The molecule has 0 bridgehead atoms. The van der Waals surface area contributed by atoms with Crippen LogP contribution in [0.4, 0.5) is 5.69 Å². The van der Waals surface area contributed by atoms with Gasteiger partial charge in [-0.3, -0.25) is 0 Å². The summed E-state index contributed by atoms with van der Waals surface area (Å²) in [6.45, 7) is 2.48. The van der Waals surface area contributed by atoms with Crippen LogP contribution in [0.25, 0.3) is 0 Å². The number of hydrogen-bond donors (Lipinski definition) is 1. The molecule has 1 fully saturated rings. The van der Waals surface area contributed by atoms with Gasteiger partial charge in [0.15, 0.2) is 0 Å². The van der Waals surface area contributed by atoms with Gasteiger partial charge >= 0.3 is 5.97 Å². The highest BCUT2D eigenvalue weighted by atomic mass is 16.4. The fraction of sp³-hybridized carbons (Fsp3) is 0.278. The van der Waals surface area contributed by atoms with E-state index < -0.39 is 5.97 Å². The molecule has 0 spiro atoms.